The van der Waals surface area contributed by atoms with Crippen molar-refractivity contribution >= 4 is 5.97 Å². The molecular formula is C11H22O6. The minimum absolute atomic E-state index is 0.0393. The maximum atomic E-state index is 9.25. The normalized spacial score (nSPS) is 11.2. The van der Waals surface area contributed by atoms with Crippen LogP contribution in [0.2, 0.25) is 0 Å². The van der Waals surface area contributed by atoms with Gasteiger partial charge in [-0.05, 0) is 6.42 Å². The van der Waals surface area contributed by atoms with E-state index < -0.39 is 5.97 Å². The average molecular weight is 250 g/mol. The summed E-state index contributed by atoms with van der Waals surface area (Å²) in [6.45, 7) is 6.54. The molecule has 0 aliphatic carbocycles. The van der Waals surface area contributed by atoms with E-state index in [1.165, 1.54) is 0 Å². The summed E-state index contributed by atoms with van der Waals surface area (Å²) in [4.78, 5) is 9.25. The summed E-state index contributed by atoms with van der Waals surface area (Å²) < 4.78 is 10.0. The molecular weight excluding hydrogens is 228 g/mol. The first-order chi connectivity index (χ1) is 8.08. The van der Waals surface area contributed by atoms with Crippen LogP contribution in [0.25, 0.3) is 0 Å². The zero-order chi connectivity index (χ0) is 13.5. The van der Waals surface area contributed by atoms with Gasteiger partial charge in [0.25, 0.3) is 0 Å². The van der Waals surface area contributed by atoms with Crippen LogP contribution in [0, 0.1) is 0 Å². The van der Waals surface area contributed by atoms with Crippen molar-refractivity contribution in [2.75, 3.05) is 33.0 Å². The Morgan fingerprint density at radius 3 is 2.29 bits per heavy atom. The van der Waals surface area contributed by atoms with Crippen LogP contribution in [0.5, 0.6) is 0 Å². The van der Waals surface area contributed by atoms with Gasteiger partial charge in [0.15, 0.2) is 0 Å². The number of hydrogen-bond acceptors (Lipinski definition) is 5. The molecule has 6 heteroatoms. The van der Waals surface area contributed by atoms with Crippen molar-refractivity contribution in [1.29, 1.82) is 0 Å². The van der Waals surface area contributed by atoms with Gasteiger partial charge in [-0.1, -0.05) is 13.5 Å². The van der Waals surface area contributed by atoms with Crippen LogP contribution >= 0.6 is 0 Å². The first kappa shape index (κ1) is 18.4. The fourth-order valence-electron chi connectivity index (χ4n) is 0.622. The van der Waals surface area contributed by atoms with Gasteiger partial charge < -0.3 is 24.8 Å². The van der Waals surface area contributed by atoms with Gasteiger partial charge in [-0.25, -0.2) is 4.79 Å². The second-order valence-electron chi connectivity index (χ2n) is 3.02. The van der Waals surface area contributed by atoms with Gasteiger partial charge in [0.1, 0.15) is 0 Å². The van der Waals surface area contributed by atoms with Crippen molar-refractivity contribution in [3.05, 3.63) is 12.7 Å². The molecule has 3 N–H and O–H groups in total. The highest BCUT2D eigenvalue weighted by molar-refractivity contribution is 5.78. The van der Waals surface area contributed by atoms with Gasteiger partial charge in [-0.2, -0.15) is 0 Å². The third kappa shape index (κ3) is 21.0. The topological polar surface area (TPSA) is 96.2 Å². The van der Waals surface area contributed by atoms with Crippen LogP contribution in [0.4, 0.5) is 0 Å². The minimum atomic E-state index is -0.981. The van der Waals surface area contributed by atoms with Crippen molar-refractivity contribution in [2.45, 2.75) is 19.4 Å². The van der Waals surface area contributed by atoms with Crippen molar-refractivity contribution in [2.24, 2.45) is 0 Å². The molecule has 102 valence electrons. The largest absolute Gasteiger partial charge is 0.478 e. The molecule has 0 fully saturated rings. The molecule has 0 aromatic rings. The Balaban J connectivity index is 0. The maximum Gasteiger partial charge on any atom is 0.327 e. The predicted octanol–water partition coefficient (Wildman–Crippen LogP) is 0.0398. The Kier molecular flexibility index (Phi) is 16.3. The molecule has 0 rings (SSSR count). The quantitative estimate of drug-likeness (QED) is 0.395. The van der Waals surface area contributed by atoms with E-state index >= 15 is 0 Å². The van der Waals surface area contributed by atoms with Gasteiger partial charge in [-0.15, -0.1) is 0 Å². The van der Waals surface area contributed by atoms with Crippen LogP contribution in [-0.2, 0) is 14.3 Å². The summed E-state index contributed by atoms with van der Waals surface area (Å²) in [5, 5.41) is 25.0. The van der Waals surface area contributed by atoms with E-state index in [9.17, 15) is 4.79 Å². The number of rotatable bonds is 9. The van der Waals surface area contributed by atoms with Crippen molar-refractivity contribution < 1.29 is 29.6 Å². The number of carboxylic acids is 1. The van der Waals surface area contributed by atoms with Crippen LogP contribution < -0.4 is 0 Å². The number of carbonyl (C=O) groups is 1. The fraction of sp³-hybridized carbons (Fsp3) is 0.727. The zero-order valence-electron chi connectivity index (χ0n) is 10.2. The van der Waals surface area contributed by atoms with Gasteiger partial charge in [0.05, 0.1) is 39.1 Å². The van der Waals surface area contributed by atoms with E-state index in [0.717, 1.165) is 6.08 Å². The molecule has 0 aromatic carbocycles. The lowest BCUT2D eigenvalue weighted by Gasteiger charge is -2.08. The number of aliphatic hydroxyl groups is 2. The molecule has 1 atom stereocenters. The summed E-state index contributed by atoms with van der Waals surface area (Å²) in [6, 6.07) is 0. The molecule has 0 bridgehead atoms. The summed E-state index contributed by atoms with van der Waals surface area (Å²) >= 11 is 0. The average Bonchev–Trinajstić information content (AvgIpc) is 2.33. The lowest BCUT2D eigenvalue weighted by molar-refractivity contribution is -0.131. The van der Waals surface area contributed by atoms with Crippen LogP contribution in [0.1, 0.15) is 13.3 Å². The van der Waals surface area contributed by atoms with Gasteiger partial charge in [0, 0.05) is 6.08 Å². The maximum absolute atomic E-state index is 9.25. The number of carboxylic acid groups (broad SMARTS) is 1. The molecule has 1 unspecified atom stereocenters. The summed E-state index contributed by atoms with van der Waals surface area (Å²) in [5.74, 6) is -0.981. The third-order valence-corrected chi connectivity index (χ3v) is 1.56. The number of hydrogen-bond donors (Lipinski definition) is 3. The Labute approximate surface area is 101 Å². The second-order valence-corrected chi connectivity index (χ2v) is 3.02. The van der Waals surface area contributed by atoms with Gasteiger partial charge >= 0.3 is 5.97 Å². The summed E-state index contributed by atoms with van der Waals surface area (Å²) in [6.07, 6.45) is 1.17. The second kappa shape index (κ2) is 15.0. The lowest BCUT2D eigenvalue weighted by Crippen LogP contribution is -2.16. The Morgan fingerprint density at radius 1 is 1.35 bits per heavy atom. The van der Waals surface area contributed by atoms with E-state index in [-0.39, 0.29) is 12.7 Å². The van der Waals surface area contributed by atoms with E-state index in [1.807, 2.05) is 6.92 Å². The van der Waals surface area contributed by atoms with Crippen LogP contribution in [0.15, 0.2) is 12.7 Å². The first-order valence-corrected chi connectivity index (χ1v) is 5.38. The molecule has 0 amide bonds. The highest BCUT2D eigenvalue weighted by atomic mass is 16.5. The Morgan fingerprint density at radius 2 is 1.88 bits per heavy atom. The van der Waals surface area contributed by atoms with Crippen LogP contribution in [-0.4, -0.2) is 60.4 Å². The molecule has 0 saturated carbocycles. The monoisotopic (exact) mass is 250 g/mol. The van der Waals surface area contributed by atoms with Crippen molar-refractivity contribution in [3.8, 4) is 0 Å². The highest BCUT2D eigenvalue weighted by Crippen LogP contribution is 1.90. The van der Waals surface area contributed by atoms with Gasteiger partial charge in [-0.3, -0.25) is 0 Å². The third-order valence-electron chi connectivity index (χ3n) is 1.56. The van der Waals surface area contributed by atoms with Crippen molar-refractivity contribution in [3.63, 3.8) is 0 Å². The van der Waals surface area contributed by atoms with Crippen LogP contribution in [0.3, 0.4) is 0 Å². The Bertz CT molecular complexity index is 183. The molecule has 0 radical (unpaired) electrons. The number of aliphatic carboxylic acids is 1. The molecule has 0 saturated heterocycles. The molecule has 6 nitrogen and oxygen atoms in total. The van der Waals surface area contributed by atoms with Crippen molar-refractivity contribution in [1.82, 2.24) is 0 Å². The lowest BCUT2D eigenvalue weighted by atomic mass is 10.3. The molecule has 0 heterocycles. The van der Waals surface area contributed by atoms with E-state index in [1.54, 1.807) is 0 Å². The van der Waals surface area contributed by atoms with E-state index in [2.05, 4.69) is 6.58 Å². The highest BCUT2D eigenvalue weighted by Gasteiger charge is 1.98. The number of aliphatic hydroxyl groups excluding tert-OH is 2. The predicted molar refractivity (Wildman–Crippen MR) is 62.9 cm³/mol. The Hall–Kier alpha value is -0.950. The molecule has 0 spiro atoms. The molecule has 0 aliphatic rings. The standard InChI is InChI=1S/C8H18O4.C3H4O2/c1-2-8(10)7-12-6-5-11-4-3-9;1-2-3(4)5/h8-10H,2-7H2,1H3;2H,1H2,(H,4,5). The molecule has 0 aliphatic heterocycles. The van der Waals surface area contributed by atoms with E-state index in [0.29, 0.717) is 32.8 Å². The van der Waals surface area contributed by atoms with E-state index in [4.69, 9.17) is 24.8 Å². The number of ether oxygens (including phenoxy) is 2. The SMILES string of the molecule is C=CC(=O)O.CCC(O)COCCOCCO. The minimum Gasteiger partial charge on any atom is -0.478 e. The smallest absolute Gasteiger partial charge is 0.327 e. The summed E-state index contributed by atoms with van der Waals surface area (Å²) in [5.41, 5.74) is 0. The first-order valence-electron chi connectivity index (χ1n) is 5.38. The molecule has 0 aromatic heterocycles. The summed E-state index contributed by atoms with van der Waals surface area (Å²) in [7, 11) is 0. The molecule has 17 heavy (non-hydrogen) atoms. The fourth-order valence-corrected chi connectivity index (χ4v) is 0.622. The zero-order valence-corrected chi connectivity index (χ0v) is 10.2. The van der Waals surface area contributed by atoms with Gasteiger partial charge in [0.2, 0.25) is 0 Å².